The maximum atomic E-state index is 5.65. The molecule has 0 saturated carbocycles. The minimum absolute atomic E-state index is 0.277. The second kappa shape index (κ2) is 6.06. The van der Waals surface area contributed by atoms with E-state index in [9.17, 15) is 0 Å². The SMILES string of the molecule is CC(CN1CCN(c2ncccn2)CC1)C(N)=S. The maximum Gasteiger partial charge on any atom is 0.225 e. The number of piperazine rings is 1. The Labute approximate surface area is 113 Å². The van der Waals surface area contributed by atoms with Gasteiger partial charge in [0.05, 0.1) is 4.99 Å². The molecule has 1 fully saturated rings. The van der Waals surface area contributed by atoms with Crippen molar-refractivity contribution >= 4 is 23.2 Å². The van der Waals surface area contributed by atoms with Crippen molar-refractivity contribution in [2.45, 2.75) is 6.92 Å². The topological polar surface area (TPSA) is 58.3 Å². The van der Waals surface area contributed by atoms with Crippen molar-refractivity contribution in [2.24, 2.45) is 11.7 Å². The van der Waals surface area contributed by atoms with Gasteiger partial charge in [-0.05, 0) is 6.07 Å². The van der Waals surface area contributed by atoms with Gasteiger partial charge in [-0.2, -0.15) is 0 Å². The molecule has 2 N–H and O–H groups in total. The van der Waals surface area contributed by atoms with Crippen molar-refractivity contribution in [2.75, 3.05) is 37.6 Å². The van der Waals surface area contributed by atoms with Crippen molar-refractivity contribution < 1.29 is 0 Å². The van der Waals surface area contributed by atoms with Crippen molar-refractivity contribution in [1.82, 2.24) is 14.9 Å². The summed E-state index contributed by atoms with van der Waals surface area (Å²) in [5.74, 6) is 1.10. The van der Waals surface area contributed by atoms with Crippen LogP contribution >= 0.6 is 12.2 Å². The van der Waals surface area contributed by atoms with Crippen LogP contribution in [0.2, 0.25) is 0 Å². The molecule has 0 aliphatic carbocycles. The Kier molecular flexibility index (Phi) is 4.43. The molecule has 0 spiro atoms. The van der Waals surface area contributed by atoms with E-state index in [0.717, 1.165) is 38.7 Å². The minimum Gasteiger partial charge on any atom is -0.393 e. The lowest BCUT2D eigenvalue weighted by molar-refractivity contribution is 0.243. The average Bonchev–Trinajstić information content (AvgIpc) is 2.40. The predicted molar refractivity (Wildman–Crippen MR) is 76.6 cm³/mol. The standard InChI is InChI=1S/C12H19N5S/c1-10(11(13)18)9-16-5-7-17(8-6-16)12-14-3-2-4-15-12/h2-4,10H,5-9H2,1H3,(H2,13,18). The molecule has 1 unspecified atom stereocenters. The summed E-state index contributed by atoms with van der Waals surface area (Å²) < 4.78 is 0. The highest BCUT2D eigenvalue weighted by atomic mass is 32.1. The van der Waals surface area contributed by atoms with Crippen LogP contribution < -0.4 is 10.6 Å². The van der Waals surface area contributed by atoms with Gasteiger partial charge < -0.3 is 10.6 Å². The summed E-state index contributed by atoms with van der Waals surface area (Å²) in [4.78, 5) is 13.7. The Hall–Kier alpha value is -1.27. The highest BCUT2D eigenvalue weighted by Gasteiger charge is 2.20. The Bertz CT molecular complexity index is 389. The van der Waals surface area contributed by atoms with Crippen molar-refractivity contribution in [3.8, 4) is 0 Å². The van der Waals surface area contributed by atoms with Crippen LogP contribution in [0.3, 0.4) is 0 Å². The molecule has 6 heteroatoms. The molecular weight excluding hydrogens is 246 g/mol. The number of nitrogens with zero attached hydrogens (tertiary/aromatic N) is 4. The number of hydrogen-bond acceptors (Lipinski definition) is 5. The monoisotopic (exact) mass is 265 g/mol. The summed E-state index contributed by atoms with van der Waals surface area (Å²) >= 11 is 5.01. The van der Waals surface area contributed by atoms with Gasteiger partial charge in [-0.25, -0.2) is 9.97 Å². The number of rotatable bonds is 4. The largest absolute Gasteiger partial charge is 0.393 e. The Balaban J connectivity index is 1.83. The normalized spacial score (nSPS) is 18.6. The highest BCUT2D eigenvalue weighted by Crippen LogP contribution is 2.11. The van der Waals surface area contributed by atoms with Gasteiger partial charge in [0, 0.05) is 51.0 Å². The van der Waals surface area contributed by atoms with E-state index >= 15 is 0 Å². The predicted octanol–water partition coefficient (Wildman–Crippen LogP) is 0.521. The molecular formula is C12H19N5S. The first kappa shape index (κ1) is 13.2. The van der Waals surface area contributed by atoms with Crippen molar-refractivity contribution in [3.63, 3.8) is 0 Å². The lowest BCUT2D eigenvalue weighted by Crippen LogP contribution is -2.49. The molecule has 18 heavy (non-hydrogen) atoms. The van der Waals surface area contributed by atoms with Gasteiger partial charge in [-0.3, -0.25) is 4.90 Å². The summed E-state index contributed by atoms with van der Waals surface area (Å²) in [6.07, 6.45) is 3.56. The van der Waals surface area contributed by atoms with E-state index in [0.29, 0.717) is 4.99 Å². The zero-order valence-electron chi connectivity index (χ0n) is 10.6. The van der Waals surface area contributed by atoms with Crippen LogP contribution in [0.15, 0.2) is 18.5 Å². The molecule has 0 bridgehead atoms. The number of thiocarbonyl (C=S) groups is 1. The third-order valence-corrected chi connectivity index (χ3v) is 3.63. The molecule has 1 atom stereocenters. The molecule has 0 amide bonds. The smallest absolute Gasteiger partial charge is 0.225 e. The number of nitrogens with two attached hydrogens (primary N) is 1. The number of aromatic nitrogens is 2. The molecule has 1 aromatic rings. The fourth-order valence-electron chi connectivity index (χ4n) is 2.06. The second-order valence-corrected chi connectivity index (χ2v) is 5.11. The third kappa shape index (κ3) is 3.36. The first-order chi connectivity index (χ1) is 8.66. The quantitative estimate of drug-likeness (QED) is 0.801. The molecule has 1 aromatic heterocycles. The van der Waals surface area contributed by atoms with E-state index in [1.54, 1.807) is 12.4 Å². The fourth-order valence-corrected chi connectivity index (χ4v) is 2.14. The molecule has 0 aromatic carbocycles. The summed E-state index contributed by atoms with van der Waals surface area (Å²) in [5.41, 5.74) is 5.65. The molecule has 1 aliphatic rings. The van der Waals surface area contributed by atoms with Gasteiger partial charge in [-0.15, -0.1) is 0 Å². The molecule has 1 saturated heterocycles. The van der Waals surface area contributed by atoms with Crippen LogP contribution in [0.5, 0.6) is 0 Å². The van der Waals surface area contributed by atoms with Gasteiger partial charge in [0.2, 0.25) is 5.95 Å². The van der Waals surface area contributed by atoms with Crippen molar-refractivity contribution in [3.05, 3.63) is 18.5 Å². The Morgan fingerprint density at radius 3 is 2.50 bits per heavy atom. The van der Waals surface area contributed by atoms with Crippen LogP contribution in [0.1, 0.15) is 6.92 Å². The van der Waals surface area contributed by atoms with Gasteiger partial charge in [-0.1, -0.05) is 19.1 Å². The van der Waals surface area contributed by atoms with E-state index < -0.39 is 0 Å². The molecule has 2 rings (SSSR count). The molecule has 1 aliphatic heterocycles. The van der Waals surface area contributed by atoms with E-state index in [4.69, 9.17) is 18.0 Å². The van der Waals surface area contributed by atoms with Gasteiger partial charge in [0.25, 0.3) is 0 Å². The molecule has 5 nitrogen and oxygen atoms in total. The zero-order valence-corrected chi connectivity index (χ0v) is 11.4. The third-order valence-electron chi connectivity index (χ3n) is 3.23. The number of anilines is 1. The Morgan fingerprint density at radius 2 is 1.94 bits per heavy atom. The first-order valence-corrected chi connectivity index (χ1v) is 6.61. The molecule has 0 radical (unpaired) electrons. The van der Waals surface area contributed by atoms with E-state index in [1.807, 2.05) is 6.07 Å². The lowest BCUT2D eigenvalue weighted by Gasteiger charge is -2.35. The second-order valence-electron chi connectivity index (χ2n) is 4.64. The van der Waals surface area contributed by atoms with Gasteiger partial charge in [0.15, 0.2) is 0 Å². The summed E-state index contributed by atoms with van der Waals surface area (Å²) in [7, 11) is 0. The first-order valence-electron chi connectivity index (χ1n) is 6.20. The Morgan fingerprint density at radius 1 is 1.33 bits per heavy atom. The van der Waals surface area contributed by atoms with Gasteiger partial charge in [0.1, 0.15) is 0 Å². The minimum atomic E-state index is 0.277. The van der Waals surface area contributed by atoms with Crippen LogP contribution in [-0.2, 0) is 0 Å². The molecule has 2 heterocycles. The summed E-state index contributed by atoms with van der Waals surface area (Å²) in [5, 5.41) is 0. The average molecular weight is 265 g/mol. The van der Waals surface area contributed by atoms with E-state index in [-0.39, 0.29) is 5.92 Å². The van der Waals surface area contributed by atoms with Gasteiger partial charge >= 0.3 is 0 Å². The van der Waals surface area contributed by atoms with Crippen LogP contribution in [0.25, 0.3) is 0 Å². The lowest BCUT2D eigenvalue weighted by atomic mass is 10.1. The van der Waals surface area contributed by atoms with Crippen molar-refractivity contribution in [1.29, 1.82) is 0 Å². The van der Waals surface area contributed by atoms with Crippen LogP contribution in [-0.4, -0.2) is 52.6 Å². The number of hydrogen-bond donors (Lipinski definition) is 1. The summed E-state index contributed by atoms with van der Waals surface area (Å²) in [6.45, 7) is 6.94. The summed E-state index contributed by atoms with van der Waals surface area (Å²) in [6, 6.07) is 1.84. The van der Waals surface area contributed by atoms with Crippen LogP contribution in [0.4, 0.5) is 5.95 Å². The zero-order chi connectivity index (χ0) is 13.0. The maximum absolute atomic E-state index is 5.65. The highest BCUT2D eigenvalue weighted by molar-refractivity contribution is 7.80. The van der Waals surface area contributed by atoms with E-state index in [1.165, 1.54) is 0 Å². The fraction of sp³-hybridized carbons (Fsp3) is 0.583. The molecule has 98 valence electrons. The van der Waals surface area contributed by atoms with Crippen LogP contribution in [0, 0.1) is 5.92 Å². The van der Waals surface area contributed by atoms with E-state index in [2.05, 4.69) is 26.7 Å².